The van der Waals surface area contributed by atoms with Gasteiger partial charge in [0, 0.05) is 26.2 Å². The quantitative estimate of drug-likeness (QED) is 0.156. The molecule has 1 N–H and O–H groups in total. The predicted molar refractivity (Wildman–Crippen MR) is 133 cm³/mol. The molecule has 7 heteroatoms. The Bertz CT molecular complexity index is 508. The topological polar surface area (TPSA) is 76.1 Å². The number of unbranched alkanes of at least 4 members (excludes halogenated alkanes) is 15. The van der Waals surface area contributed by atoms with E-state index in [9.17, 15) is 13.0 Å². The number of rotatable bonds is 22. The number of hydrogen-bond acceptors (Lipinski definition) is 5. The number of morpholine rings is 1. The lowest BCUT2D eigenvalue weighted by atomic mass is 10.0. The highest BCUT2D eigenvalue weighted by atomic mass is 32.2. The molecule has 1 unspecified atom stereocenters. The summed E-state index contributed by atoms with van der Waals surface area (Å²) in [6.07, 6.45) is 20.8. The SMILES string of the molecule is CCCCCCCCCCCCCCCCCCOC(CN1CCOCC1)CS(=O)(=O)O. The number of ether oxygens (including phenoxy) is 2. The van der Waals surface area contributed by atoms with Gasteiger partial charge in [-0.1, -0.05) is 103 Å². The summed E-state index contributed by atoms with van der Waals surface area (Å²) >= 11 is 0. The summed E-state index contributed by atoms with van der Waals surface area (Å²) < 4.78 is 43.0. The predicted octanol–water partition coefficient (Wildman–Crippen LogP) is 5.85. The molecule has 0 bridgehead atoms. The third-order valence-electron chi connectivity index (χ3n) is 6.31. The van der Waals surface area contributed by atoms with Crippen LogP contribution in [0.5, 0.6) is 0 Å². The Morgan fingerprint density at radius 2 is 1.22 bits per heavy atom. The Morgan fingerprint density at radius 3 is 1.66 bits per heavy atom. The highest BCUT2D eigenvalue weighted by Gasteiger charge is 2.22. The number of hydrogen-bond donors (Lipinski definition) is 1. The third kappa shape index (κ3) is 19.3. The molecular formula is C25H51NO5S. The van der Waals surface area contributed by atoms with E-state index < -0.39 is 16.2 Å². The summed E-state index contributed by atoms with van der Waals surface area (Å²) in [5, 5.41) is 0. The normalized spacial score (nSPS) is 16.4. The molecule has 1 aliphatic heterocycles. The summed E-state index contributed by atoms with van der Waals surface area (Å²) in [6.45, 7) is 6.25. The standard InChI is InChI=1S/C25H51NO5S/c1-2-3-4-5-6-7-8-9-10-11-12-13-14-15-16-17-20-31-25(24-32(27,28)29)23-26-18-21-30-22-19-26/h25H,2-24H2,1H3,(H,27,28,29). The van der Waals surface area contributed by atoms with Gasteiger partial charge in [-0.15, -0.1) is 0 Å². The van der Waals surface area contributed by atoms with Crippen LogP contribution in [-0.4, -0.2) is 69.2 Å². The molecule has 32 heavy (non-hydrogen) atoms. The van der Waals surface area contributed by atoms with Crippen molar-refractivity contribution >= 4 is 10.1 Å². The van der Waals surface area contributed by atoms with Crippen molar-refractivity contribution in [2.24, 2.45) is 0 Å². The second kappa shape index (κ2) is 20.2. The molecule has 0 saturated carbocycles. The van der Waals surface area contributed by atoms with Crippen LogP contribution in [0.15, 0.2) is 0 Å². The first-order valence-electron chi connectivity index (χ1n) is 13.4. The number of nitrogens with zero attached hydrogens (tertiary/aromatic N) is 1. The minimum Gasteiger partial charge on any atom is -0.379 e. The zero-order valence-electron chi connectivity index (χ0n) is 20.8. The highest BCUT2D eigenvalue weighted by molar-refractivity contribution is 7.85. The third-order valence-corrected chi connectivity index (χ3v) is 7.11. The Labute approximate surface area is 198 Å². The zero-order chi connectivity index (χ0) is 23.3. The van der Waals surface area contributed by atoms with Crippen molar-refractivity contribution in [3.63, 3.8) is 0 Å². The van der Waals surface area contributed by atoms with E-state index in [2.05, 4.69) is 11.8 Å². The summed E-state index contributed by atoms with van der Waals surface area (Å²) in [5.41, 5.74) is 0. The van der Waals surface area contributed by atoms with Crippen LogP contribution in [-0.2, 0) is 19.6 Å². The van der Waals surface area contributed by atoms with Crippen LogP contribution in [0.4, 0.5) is 0 Å². The van der Waals surface area contributed by atoms with E-state index >= 15 is 0 Å². The van der Waals surface area contributed by atoms with Crippen LogP contribution >= 0.6 is 0 Å². The molecule has 1 aliphatic rings. The van der Waals surface area contributed by atoms with Gasteiger partial charge in [-0.3, -0.25) is 9.45 Å². The second-order valence-corrected chi connectivity index (χ2v) is 11.0. The van der Waals surface area contributed by atoms with Gasteiger partial charge >= 0.3 is 0 Å². The van der Waals surface area contributed by atoms with E-state index in [-0.39, 0.29) is 5.75 Å². The van der Waals surface area contributed by atoms with Gasteiger partial charge in [-0.25, -0.2) is 0 Å². The van der Waals surface area contributed by atoms with Crippen molar-refractivity contribution in [2.45, 2.75) is 116 Å². The first-order valence-corrected chi connectivity index (χ1v) is 15.0. The average Bonchev–Trinajstić information content (AvgIpc) is 2.75. The fraction of sp³-hybridized carbons (Fsp3) is 1.00. The van der Waals surface area contributed by atoms with Crippen molar-refractivity contribution in [1.82, 2.24) is 4.90 Å². The summed E-state index contributed by atoms with van der Waals surface area (Å²) in [4.78, 5) is 2.15. The fourth-order valence-electron chi connectivity index (χ4n) is 4.36. The highest BCUT2D eigenvalue weighted by Crippen LogP contribution is 2.14. The van der Waals surface area contributed by atoms with Crippen LogP contribution < -0.4 is 0 Å². The molecule has 0 aromatic rings. The molecule has 192 valence electrons. The largest absolute Gasteiger partial charge is 0.379 e. The Kier molecular flexibility index (Phi) is 18.8. The smallest absolute Gasteiger partial charge is 0.267 e. The molecular weight excluding hydrogens is 426 g/mol. The molecule has 1 heterocycles. The molecule has 0 spiro atoms. The van der Waals surface area contributed by atoms with Crippen molar-refractivity contribution in [2.75, 3.05) is 45.2 Å². The monoisotopic (exact) mass is 477 g/mol. The summed E-state index contributed by atoms with van der Waals surface area (Å²) in [7, 11) is -4.03. The zero-order valence-corrected chi connectivity index (χ0v) is 21.6. The molecule has 0 aromatic carbocycles. The van der Waals surface area contributed by atoms with E-state index in [0.29, 0.717) is 26.4 Å². The maximum atomic E-state index is 11.3. The van der Waals surface area contributed by atoms with E-state index in [1.54, 1.807) is 0 Å². The van der Waals surface area contributed by atoms with E-state index in [1.807, 2.05) is 0 Å². The molecule has 0 aliphatic carbocycles. The van der Waals surface area contributed by atoms with Crippen LogP contribution in [0.3, 0.4) is 0 Å². The van der Waals surface area contributed by atoms with Crippen molar-refractivity contribution in [3.8, 4) is 0 Å². The van der Waals surface area contributed by atoms with Crippen molar-refractivity contribution < 1.29 is 22.4 Å². The first-order chi connectivity index (χ1) is 15.5. The maximum Gasteiger partial charge on any atom is 0.267 e. The van der Waals surface area contributed by atoms with Crippen LogP contribution in [0.25, 0.3) is 0 Å². The van der Waals surface area contributed by atoms with Gasteiger partial charge in [0.1, 0.15) is 5.75 Å². The van der Waals surface area contributed by atoms with Gasteiger partial charge < -0.3 is 9.47 Å². The molecule has 0 amide bonds. The molecule has 6 nitrogen and oxygen atoms in total. The van der Waals surface area contributed by atoms with Crippen molar-refractivity contribution in [1.29, 1.82) is 0 Å². The van der Waals surface area contributed by atoms with Gasteiger partial charge in [0.25, 0.3) is 10.1 Å². The second-order valence-electron chi connectivity index (χ2n) is 9.46. The Hall–Kier alpha value is -0.210. The fourth-order valence-corrected chi connectivity index (χ4v) is 5.03. The molecule has 1 atom stereocenters. The van der Waals surface area contributed by atoms with Crippen molar-refractivity contribution in [3.05, 3.63) is 0 Å². The van der Waals surface area contributed by atoms with E-state index in [0.717, 1.165) is 25.9 Å². The average molecular weight is 478 g/mol. The van der Waals surface area contributed by atoms with Gasteiger partial charge in [0.2, 0.25) is 0 Å². The van der Waals surface area contributed by atoms with E-state index in [1.165, 1.54) is 89.9 Å². The molecule has 0 radical (unpaired) electrons. The van der Waals surface area contributed by atoms with Gasteiger partial charge in [0.15, 0.2) is 0 Å². The Morgan fingerprint density at radius 1 is 0.781 bits per heavy atom. The van der Waals surface area contributed by atoms with Gasteiger partial charge in [-0.05, 0) is 6.42 Å². The lowest BCUT2D eigenvalue weighted by Gasteiger charge is -2.30. The van der Waals surface area contributed by atoms with Crippen LogP contribution in [0.2, 0.25) is 0 Å². The van der Waals surface area contributed by atoms with Gasteiger partial charge in [0.05, 0.1) is 19.3 Å². The summed E-state index contributed by atoms with van der Waals surface area (Å²) in [5.74, 6) is -0.330. The minimum absolute atomic E-state index is 0.330. The van der Waals surface area contributed by atoms with Crippen LogP contribution in [0.1, 0.15) is 110 Å². The molecule has 0 aromatic heterocycles. The molecule has 1 saturated heterocycles. The first kappa shape index (κ1) is 29.8. The molecule has 1 fully saturated rings. The minimum atomic E-state index is -4.03. The van der Waals surface area contributed by atoms with E-state index in [4.69, 9.17) is 9.47 Å². The lowest BCUT2D eigenvalue weighted by molar-refractivity contribution is -0.00568. The maximum absolute atomic E-state index is 11.3. The van der Waals surface area contributed by atoms with Crippen LogP contribution in [0, 0.1) is 0 Å². The van der Waals surface area contributed by atoms with Gasteiger partial charge in [-0.2, -0.15) is 8.42 Å². The molecule has 1 rings (SSSR count). The Balaban J connectivity index is 1.92. The lowest BCUT2D eigenvalue weighted by Crippen LogP contribution is -2.43. The summed E-state index contributed by atoms with van der Waals surface area (Å²) in [6, 6.07) is 0.